The molecule has 0 unspecified atom stereocenters. The van der Waals surface area contributed by atoms with Crippen LogP contribution in [0.1, 0.15) is 31.3 Å². The van der Waals surface area contributed by atoms with Crippen LogP contribution in [0.5, 0.6) is 0 Å². The highest BCUT2D eigenvalue weighted by Crippen LogP contribution is 2.34. The number of ketones is 2. The molecular formula is C17H9N3O4S. The summed E-state index contributed by atoms with van der Waals surface area (Å²) in [6.45, 7) is 0. The number of hydrogen-bond donors (Lipinski definition) is 1. The number of carbonyl (C=O) groups is 2. The summed E-state index contributed by atoms with van der Waals surface area (Å²) in [5, 5.41) is 14.0. The largest absolute Gasteiger partial charge is 0.332 e. The van der Waals surface area contributed by atoms with Crippen LogP contribution in [0.15, 0.2) is 48.5 Å². The molecule has 8 heteroatoms. The zero-order valence-corrected chi connectivity index (χ0v) is 13.4. The van der Waals surface area contributed by atoms with Crippen LogP contribution in [0.25, 0.3) is 0 Å². The summed E-state index contributed by atoms with van der Waals surface area (Å²) < 4.78 is 0. The lowest BCUT2D eigenvalue weighted by molar-refractivity contribution is -0.384. The number of benzene rings is 2. The second-order valence-electron chi connectivity index (χ2n) is 5.33. The van der Waals surface area contributed by atoms with Crippen LogP contribution in [0.2, 0.25) is 0 Å². The molecule has 4 rings (SSSR count). The molecule has 0 bridgehead atoms. The van der Waals surface area contributed by atoms with Gasteiger partial charge < -0.3 is 5.32 Å². The summed E-state index contributed by atoms with van der Waals surface area (Å²) in [5.41, 5.74) is 1.43. The van der Waals surface area contributed by atoms with Crippen molar-refractivity contribution in [2.45, 2.75) is 0 Å². The Morgan fingerprint density at radius 1 is 0.960 bits per heavy atom. The number of nitrogens with zero attached hydrogens (tertiary/aromatic N) is 2. The first-order chi connectivity index (χ1) is 12.0. The molecule has 0 amide bonds. The Balaban J connectivity index is 1.67. The van der Waals surface area contributed by atoms with Crippen LogP contribution < -0.4 is 5.32 Å². The molecule has 0 saturated heterocycles. The van der Waals surface area contributed by atoms with E-state index in [4.69, 9.17) is 0 Å². The van der Waals surface area contributed by atoms with Gasteiger partial charge in [-0.25, -0.2) is 4.98 Å². The van der Waals surface area contributed by atoms with E-state index < -0.39 is 4.92 Å². The van der Waals surface area contributed by atoms with Crippen LogP contribution in [-0.2, 0) is 0 Å². The Hall–Kier alpha value is -3.39. The van der Waals surface area contributed by atoms with Gasteiger partial charge in [0.05, 0.1) is 4.92 Å². The van der Waals surface area contributed by atoms with E-state index in [1.165, 1.54) is 24.3 Å². The molecule has 0 spiro atoms. The molecule has 1 aromatic heterocycles. The number of nitro groups is 1. The summed E-state index contributed by atoms with van der Waals surface area (Å²) >= 11 is 1.09. The van der Waals surface area contributed by atoms with Gasteiger partial charge in [-0.05, 0) is 12.1 Å². The molecule has 3 aromatic rings. The predicted molar refractivity (Wildman–Crippen MR) is 91.8 cm³/mol. The van der Waals surface area contributed by atoms with Crippen molar-refractivity contribution in [2.24, 2.45) is 0 Å². The van der Waals surface area contributed by atoms with Gasteiger partial charge in [-0.3, -0.25) is 19.7 Å². The van der Waals surface area contributed by atoms with Crippen molar-refractivity contribution in [3.63, 3.8) is 0 Å². The van der Waals surface area contributed by atoms with E-state index >= 15 is 0 Å². The average Bonchev–Trinajstić information content (AvgIpc) is 3.04. The van der Waals surface area contributed by atoms with Crippen molar-refractivity contribution in [1.82, 2.24) is 4.98 Å². The zero-order valence-electron chi connectivity index (χ0n) is 12.6. The first kappa shape index (κ1) is 15.2. The second kappa shape index (κ2) is 5.60. The van der Waals surface area contributed by atoms with Crippen LogP contribution in [0.4, 0.5) is 16.5 Å². The molecule has 0 aliphatic heterocycles. The van der Waals surface area contributed by atoms with Crippen molar-refractivity contribution in [1.29, 1.82) is 0 Å². The molecule has 7 nitrogen and oxygen atoms in total. The minimum absolute atomic E-state index is 0.0233. The molecule has 25 heavy (non-hydrogen) atoms. The highest BCUT2D eigenvalue weighted by atomic mass is 32.1. The highest BCUT2D eigenvalue weighted by Gasteiger charge is 2.33. The lowest BCUT2D eigenvalue weighted by Crippen LogP contribution is -2.19. The number of thiazole rings is 1. The van der Waals surface area contributed by atoms with Gasteiger partial charge in [0.15, 0.2) is 5.13 Å². The number of anilines is 2. The maximum absolute atomic E-state index is 12.6. The molecule has 0 radical (unpaired) electrons. The van der Waals surface area contributed by atoms with E-state index in [-0.39, 0.29) is 22.9 Å². The number of fused-ring (bicyclic) bond motifs is 2. The Bertz CT molecular complexity index is 988. The molecule has 1 aliphatic rings. The van der Waals surface area contributed by atoms with Crippen molar-refractivity contribution in [3.05, 3.63) is 80.3 Å². The van der Waals surface area contributed by atoms with Gasteiger partial charge in [0, 0.05) is 28.9 Å². The maximum atomic E-state index is 12.6. The average molecular weight is 351 g/mol. The maximum Gasteiger partial charge on any atom is 0.269 e. The van der Waals surface area contributed by atoms with E-state index in [0.29, 0.717) is 26.8 Å². The second-order valence-corrected chi connectivity index (χ2v) is 6.33. The Kier molecular flexibility index (Phi) is 3.40. The fourth-order valence-corrected chi connectivity index (χ4v) is 3.54. The van der Waals surface area contributed by atoms with Gasteiger partial charge >= 0.3 is 0 Å². The number of carbonyl (C=O) groups excluding carboxylic acids is 2. The third-order valence-corrected chi connectivity index (χ3v) is 4.76. The fourth-order valence-electron chi connectivity index (χ4n) is 2.60. The van der Waals surface area contributed by atoms with Crippen molar-refractivity contribution >= 4 is 39.4 Å². The number of aromatic nitrogens is 1. The number of nitrogens with one attached hydrogen (secondary N) is 1. The molecule has 1 aliphatic carbocycles. The molecule has 2 aromatic carbocycles. The molecular weight excluding hydrogens is 342 g/mol. The first-order valence-electron chi connectivity index (χ1n) is 7.25. The number of nitro benzene ring substituents is 1. The number of rotatable bonds is 3. The lowest BCUT2D eigenvalue weighted by Gasteiger charge is -2.11. The topological polar surface area (TPSA) is 102 Å². The number of non-ortho nitro benzene ring substituents is 1. The zero-order chi connectivity index (χ0) is 17.6. The van der Waals surface area contributed by atoms with E-state index in [9.17, 15) is 19.7 Å². The summed E-state index contributed by atoms with van der Waals surface area (Å²) in [6.07, 6.45) is 0. The SMILES string of the molecule is O=C1c2ccccc2C(=O)c2sc(Nc3ccc([N+](=O)[O-])cc3)nc21. The van der Waals surface area contributed by atoms with Gasteiger partial charge in [0.2, 0.25) is 11.6 Å². The number of hydrogen-bond acceptors (Lipinski definition) is 7. The van der Waals surface area contributed by atoms with E-state index in [1.54, 1.807) is 24.3 Å². The van der Waals surface area contributed by atoms with Gasteiger partial charge in [0.25, 0.3) is 5.69 Å². The van der Waals surface area contributed by atoms with E-state index in [1.807, 2.05) is 0 Å². The molecule has 122 valence electrons. The predicted octanol–water partition coefficient (Wildman–Crippen LogP) is 3.57. The monoisotopic (exact) mass is 351 g/mol. The van der Waals surface area contributed by atoms with Crippen molar-refractivity contribution in [3.8, 4) is 0 Å². The molecule has 1 heterocycles. The Labute approximate surface area is 145 Å². The third-order valence-electron chi connectivity index (χ3n) is 3.79. The molecule has 1 N–H and O–H groups in total. The summed E-state index contributed by atoms with van der Waals surface area (Å²) in [6, 6.07) is 12.5. The lowest BCUT2D eigenvalue weighted by atomic mass is 9.91. The highest BCUT2D eigenvalue weighted by molar-refractivity contribution is 7.18. The molecule has 0 atom stereocenters. The summed E-state index contributed by atoms with van der Waals surface area (Å²) in [5.74, 6) is -0.502. The first-order valence-corrected chi connectivity index (χ1v) is 8.07. The molecule has 0 fully saturated rings. The summed E-state index contributed by atoms with van der Waals surface area (Å²) in [4.78, 5) is 39.8. The van der Waals surface area contributed by atoms with Crippen LogP contribution in [-0.4, -0.2) is 21.5 Å². The Morgan fingerprint density at radius 3 is 2.24 bits per heavy atom. The Morgan fingerprint density at radius 2 is 1.60 bits per heavy atom. The summed E-state index contributed by atoms with van der Waals surface area (Å²) in [7, 11) is 0. The van der Waals surface area contributed by atoms with Gasteiger partial charge in [-0.1, -0.05) is 35.6 Å². The quantitative estimate of drug-likeness (QED) is 0.447. The van der Waals surface area contributed by atoms with E-state index in [2.05, 4.69) is 10.3 Å². The van der Waals surface area contributed by atoms with Crippen LogP contribution in [0, 0.1) is 10.1 Å². The van der Waals surface area contributed by atoms with Crippen molar-refractivity contribution in [2.75, 3.05) is 5.32 Å². The smallest absolute Gasteiger partial charge is 0.269 e. The third kappa shape index (κ3) is 2.48. The molecule has 0 saturated carbocycles. The van der Waals surface area contributed by atoms with Crippen LogP contribution in [0.3, 0.4) is 0 Å². The van der Waals surface area contributed by atoms with Crippen molar-refractivity contribution < 1.29 is 14.5 Å². The minimum Gasteiger partial charge on any atom is -0.332 e. The minimum atomic E-state index is -0.486. The van der Waals surface area contributed by atoms with Gasteiger partial charge in [-0.15, -0.1) is 0 Å². The van der Waals surface area contributed by atoms with Crippen LogP contribution >= 0.6 is 11.3 Å². The van der Waals surface area contributed by atoms with E-state index in [0.717, 1.165) is 11.3 Å². The fraction of sp³-hybridized carbons (Fsp3) is 0. The normalized spacial score (nSPS) is 12.5. The standard InChI is InChI=1S/C17H9N3O4S/c21-14-11-3-1-2-4-12(11)15(22)16-13(14)19-17(25-16)18-9-5-7-10(8-6-9)20(23)24/h1-8H,(H,18,19). The van der Waals surface area contributed by atoms with Gasteiger partial charge in [-0.2, -0.15) is 0 Å². The van der Waals surface area contributed by atoms with Gasteiger partial charge in [0.1, 0.15) is 10.6 Å².